The molecule has 2 nitrogen and oxygen atoms in total. The van der Waals surface area contributed by atoms with Crippen molar-refractivity contribution >= 4 is 5.97 Å². The van der Waals surface area contributed by atoms with Crippen molar-refractivity contribution in [2.75, 3.05) is 0 Å². The molecule has 5 aliphatic carbocycles. The van der Waals surface area contributed by atoms with Crippen LogP contribution in [0.1, 0.15) is 134 Å². The van der Waals surface area contributed by atoms with Gasteiger partial charge in [0.1, 0.15) is 0 Å². The van der Waals surface area contributed by atoms with E-state index < -0.39 is 5.97 Å². The zero-order chi connectivity index (χ0) is 27.9. The minimum Gasteiger partial charge on any atom is -0.481 e. The molecule has 4 unspecified atom stereocenters. The second kappa shape index (κ2) is 10.7. The molecule has 5 aliphatic rings. The van der Waals surface area contributed by atoms with E-state index >= 15 is 0 Å². The van der Waals surface area contributed by atoms with Crippen molar-refractivity contribution in [3.05, 3.63) is 0 Å². The Morgan fingerprint density at radius 2 is 1.33 bits per heavy atom. The first-order valence-corrected chi connectivity index (χ1v) is 15.4. The lowest BCUT2D eigenvalue weighted by atomic mass is 9.41. The normalized spacial score (nSPS) is 47.8. The minimum absolute atomic E-state index is 0.305. The van der Waals surface area contributed by atoms with Crippen molar-refractivity contribution < 1.29 is 9.90 Å². The molecule has 0 heterocycles. The molecule has 0 aliphatic heterocycles. The van der Waals surface area contributed by atoms with Gasteiger partial charge in [-0.25, -0.2) is 0 Å². The molecule has 0 aromatic rings. The minimum atomic E-state index is -0.610. The largest absolute Gasteiger partial charge is 0.481 e. The first-order valence-electron chi connectivity index (χ1n) is 15.4. The van der Waals surface area contributed by atoms with Gasteiger partial charge in [-0.1, -0.05) is 76.2 Å². The van der Waals surface area contributed by atoms with Crippen LogP contribution in [0.4, 0.5) is 0 Å². The lowest BCUT2D eigenvalue weighted by molar-refractivity contribution is -0.152. The van der Waals surface area contributed by atoms with E-state index in [1.165, 1.54) is 51.4 Å². The Morgan fingerprint density at radius 3 is 1.89 bits per heavy atom. The number of fused-ring (bicyclic) bond motifs is 2. The fraction of sp³-hybridized carbons (Fsp3) is 0.912. The van der Waals surface area contributed by atoms with Crippen molar-refractivity contribution in [3.63, 3.8) is 0 Å². The van der Waals surface area contributed by atoms with Gasteiger partial charge in [-0.05, 0) is 114 Å². The third-order valence-electron chi connectivity index (χ3n) is 13.6. The van der Waals surface area contributed by atoms with Crippen molar-refractivity contribution in [2.24, 2.45) is 62.6 Å². The van der Waals surface area contributed by atoms with Crippen molar-refractivity contribution in [3.8, 4) is 12.8 Å². The first kappa shape index (κ1) is 31.2. The molecule has 5 rings (SSSR count). The van der Waals surface area contributed by atoms with Crippen LogP contribution in [0.25, 0.3) is 0 Å². The molecule has 0 aromatic carbocycles. The standard InChI is InChI=1S/C28H46O2.2C2H6.C2H2/c1-17(16-23(29)30)20-11-12-26(7)22-9-8-21-24(4,5)18(2)10-13-27(21)19(3)28(22,27)15-14-25(20,26)6;3*1-2/h17-22H,8-16H2,1-7H3,(H,29,30);2*1-2H3;1-2H/t17-,18?,19-,20-,21?,22+,25?,26+,27?,28+;;;/m1.../s1. The van der Waals surface area contributed by atoms with Gasteiger partial charge in [0.05, 0.1) is 0 Å². The lowest BCUT2D eigenvalue weighted by Crippen LogP contribution is -2.56. The molecule has 5 saturated carbocycles. The average molecular weight is 501 g/mol. The third kappa shape index (κ3) is 3.75. The number of carboxylic acids is 1. The summed E-state index contributed by atoms with van der Waals surface area (Å²) in [5.41, 5.74) is 2.41. The molecule has 0 aromatic heterocycles. The summed E-state index contributed by atoms with van der Waals surface area (Å²) in [4.78, 5) is 11.5. The summed E-state index contributed by atoms with van der Waals surface area (Å²) in [5.74, 6) is 3.80. The van der Waals surface area contributed by atoms with Crippen LogP contribution in [0.5, 0.6) is 0 Å². The van der Waals surface area contributed by atoms with Gasteiger partial charge in [-0.15, -0.1) is 12.8 Å². The smallest absolute Gasteiger partial charge is 0.303 e. The van der Waals surface area contributed by atoms with Crippen LogP contribution in [-0.4, -0.2) is 11.1 Å². The maximum Gasteiger partial charge on any atom is 0.303 e. The molecule has 10 atom stereocenters. The molecule has 5 fully saturated rings. The average Bonchev–Trinajstić information content (AvgIpc) is 3.25. The van der Waals surface area contributed by atoms with E-state index in [2.05, 4.69) is 61.3 Å². The summed E-state index contributed by atoms with van der Waals surface area (Å²) in [6, 6.07) is 0. The molecule has 0 bridgehead atoms. The van der Waals surface area contributed by atoms with Gasteiger partial charge in [0.2, 0.25) is 0 Å². The molecule has 0 amide bonds. The highest BCUT2D eigenvalue weighted by atomic mass is 16.4. The molecule has 208 valence electrons. The number of hydrogen-bond acceptors (Lipinski definition) is 1. The van der Waals surface area contributed by atoms with Crippen LogP contribution in [-0.2, 0) is 4.79 Å². The van der Waals surface area contributed by atoms with E-state index in [9.17, 15) is 9.90 Å². The Morgan fingerprint density at radius 1 is 0.806 bits per heavy atom. The van der Waals surface area contributed by atoms with E-state index in [-0.39, 0.29) is 0 Å². The van der Waals surface area contributed by atoms with Gasteiger partial charge in [0, 0.05) is 6.42 Å². The van der Waals surface area contributed by atoms with Crippen LogP contribution in [0.15, 0.2) is 0 Å². The van der Waals surface area contributed by atoms with Gasteiger partial charge in [-0.2, -0.15) is 0 Å². The fourth-order valence-corrected chi connectivity index (χ4v) is 11.6. The van der Waals surface area contributed by atoms with Gasteiger partial charge >= 0.3 is 5.97 Å². The quantitative estimate of drug-likeness (QED) is 0.391. The SMILES string of the molecule is C#C.CC.CC.CC1CCC23C(CC[C@@H]4[C@]2(CCC2(C)[C@@H]([C@H](C)CC(=O)O)CC[C@@]42C)[C@@H]3C)C1(C)C. The number of carboxylic acid groups (broad SMARTS) is 1. The fourth-order valence-electron chi connectivity index (χ4n) is 11.6. The summed E-state index contributed by atoms with van der Waals surface area (Å²) in [7, 11) is 0. The first-order chi connectivity index (χ1) is 16.9. The molecule has 36 heavy (non-hydrogen) atoms. The van der Waals surface area contributed by atoms with E-state index in [1.54, 1.807) is 0 Å². The van der Waals surface area contributed by atoms with Crippen LogP contribution in [0.3, 0.4) is 0 Å². The molecule has 0 saturated heterocycles. The molecular weight excluding hydrogens is 440 g/mol. The maximum atomic E-state index is 11.5. The van der Waals surface area contributed by atoms with E-state index in [4.69, 9.17) is 0 Å². The van der Waals surface area contributed by atoms with E-state index in [1.807, 2.05) is 27.7 Å². The summed E-state index contributed by atoms with van der Waals surface area (Å²) in [6.07, 6.45) is 19.5. The highest BCUT2D eigenvalue weighted by Crippen LogP contribution is 2.91. The number of hydrogen-bond donors (Lipinski definition) is 1. The Kier molecular flexibility index (Phi) is 9.25. The van der Waals surface area contributed by atoms with Crippen LogP contribution >= 0.6 is 0 Å². The van der Waals surface area contributed by atoms with Crippen molar-refractivity contribution in [1.82, 2.24) is 0 Å². The second-order valence-corrected chi connectivity index (χ2v) is 13.8. The van der Waals surface area contributed by atoms with Gasteiger partial charge in [-0.3, -0.25) is 4.79 Å². The van der Waals surface area contributed by atoms with E-state index in [0.29, 0.717) is 45.3 Å². The summed E-state index contributed by atoms with van der Waals surface area (Å²) < 4.78 is 0. The van der Waals surface area contributed by atoms with Gasteiger partial charge in [0.15, 0.2) is 0 Å². The maximum absolute atomic E-state index is 11.5. The van der Waals surface area contributed by atoms with Crippen LogP contribution in [0, 0.1) is 75.4 Å². The summed E-state index contributed by atoms with van der Waals surface area (Å²) >= 11 is 0. The van der Waals surface area contributed by atoms with Crippen molar-refractivity contribution in [1.29, 1.82) is 0 Å². The highest BCUT2D eigenvalue weighted by molar-refractivity contribution is 5.67. The molecule has 0 radical (unpaired) electrons. The Hall–Kier alpha value is -0.970. The zero-order valence-electron chi connectivity index (χ0n) is 25.8. The van der Waals surface area contributed by atoms with Gasteiger partial charge in [0.25, 0.3) is 0 Å². The Bertz CT molecular complexity index is 796. The van der Waals surface area contributed by atoms with Crippen LogP contribution in [0.2, 0.25) is 0 Å². The molecule has 1 N–H and O–H groups in total. The highest BCUT2D eigenvalue weighted by Gasteiger charge is 2.85. The van der Waals surface area contributed by atoms with Gasteiger partial charge < -0.3 is 5.11 Å². The van der Waals surface area contributed by atoms with Crippen molar-refractivity contribution in [2.45, 2.75) is 134 Å². The number of terminal acetylenes is 1. The lowest BCUT2D eigenvalue weighted by Gasteiger charge is -2.63. The molecule has 2 spiro atoms. The molecular formula is C34H60O2. The van der Waals surface area contributed by atoms with Crippen LogP contribution < -0.4 is 0 Å². The number of aliphatic carboxylic acids is 1. The summed E-state index contributed by atoms with van der Waals surface area (Å²) in [6.45, 7) is 25.8. The number of rotatable bonds is 3. The predicted octanol–water partition coefficient (Wildman–Crippen LogP) is 9.72. The summed E-state index contributed by atoms with van der Waals surface area (Å²) in [5, 5.41) is 9.46. The Labute approximate surface area is 225 Å². The Balaban J connectivity index is 0.000000710. The van der Waals surface area contributed by atoms with E-state index in [0.717, 1.165) is 23.7 Å². The third-order valence-corrected chi connectivity index (χ3v) is 13.6. The topological polar surface area (TPSA) is 37.3 Å². The molecule has 2 heteroatoms. The number of carbonyl (C=O) groups is 1. The second-order valence-electron chi connectivity index (χ2n) is 13.8. The monoisotopic (exact) mass is 500 g/mol. The predicted molar refractivity (Wildman–Crippen MR) is 155 cm³/mol. The zero-order valence-corrected chi connectivity index (χ0v) is 25.8.